The molecular formula is C17H40ClNO. The normalized spacial score (nSPS) is 10.8. The van der Waals surface area contributed by atoms with Crippen molar-refractivity contribution in [2.75, 3.05) is 27.2 Å². The maximum absolute atomic E-state index is 2.37. The average Bonchev–Trinajstić information content (AvgIpc) is 2.31. The van der Waals surface area contributed by atoms with Crippen LogP contribution in [0.25, 0.3) is 0 Å². The van der Waals surface area contributed by atoms with Crippen molar-refractivity contribution in [3.05, 3.63) is 0 Å². The van der Waals surface area contributed by atoms with Crippen LogP contribution in [0.4, 0.5) is 0 Å². The van der Waals surface area contributed by atoms with Gasteiger partial charge in [0.1, 0.15) is 0 Å². The Kier molecular flexibility index (Phi) is 21.7. The Morgan fingerprint density at radius 1 is 0.550 bits per heavy atom. The minimum atomic E-state index is 0. The van der Waals surface area contributed by atoms with E-state index in [1.165, 1.54) is 88.2 Å². The summed E-state index contributed by atoms with van der Waals surface area (Å²) in [5.41, 5.74) is 0. The number of hydrogen-bond acceptors (Lipinski definition) is 0. The largest absolute Gasteiger partial charge is 1.00 e. The van der Waals surface area contributed by atoms with Crippen LogP contribution in [-0.4, -0.2) is 37.1 Å². The predicted molar refractivity (Wildman–Crippen MR) is 87.6 cm³/mol. The van der Waals surface area contributed by atoms with Gasteiger partial charge in [-0.1, -0.05) is 65.2 Å². The Morgan fingerprint density at radius 3 is 1.35 bits per heavy atom. The van der Waals surface area contributed by atoms with E-state index in [0.717, 1.165) is 0 Å². The average molecular weight is 310 g/mol. The zero-order valence-electron chi connectivity index (χ0n) is 14.5. The van der Waals surface area contributed by atoms with Crippen molar-refractivity contribution in [2.45, 2.75) is 84.5 Å². The molecule has 0 heterocycles. The summed E-state index contributed by atoms with van der Waals surface area (Å²) in [5.74, 6) is 0. The Hall–Kier alpha value is 0.210. The highest BCUT2D eigenvalue weighted by Crippen LogP contribution is 2.11. The van der Waals surface area contributed by atoms with Gasteiger partial charge in [-0.15, -0.1) is 0 Å². The highest BCUT2D eigenvalue weighted by Gasteiger charge is 2.11. The fraction of sp³-hybridized carbons (Fsp3) is 1.00. The molecule has 0 amide bonds. The summed E-state index contributed by atoms with van der Waals surface area (Å²) in [7, 11) is 4.74. The molecule has 126 valence electrons. The van der Waals surface area contributed by atoms with E-state index < -0.39 is 0 Å². The monoisotopic (exact) mass is 309 g/mol. The van der Waals surface area contributed by atoms with E-state index >= 15 is 0 Å². The quantitative estimate of drug-likeness (QED) is 0.365. The summed E-state index contributed by atoms with van der Waals surface area (Å²) in [4.78, 5) is 0. The first-order valence-electron chi connectivity index (χ1n) is 8.44. The number of hydrogen-bond donors (Lipinski definition) is 0. The van der Waals surface area contributed by atoms with Gasteiger partial charge in [0.2, 0.25) is 0 Å². The van der Waals surface area contributed by atoms with E-state index in [-0.39, 0.29) is 17.9 Å². The minimum absolute atomic E-state index is 0. The molecule has 0 aromatic rings. The summed E-state index contributed by atoms with van der Waals surface area (Å²) in [6.07, 6.45) is 15.8. The van der Waals surface area contributed by atoms with Crippen molar-refractivity contribution < 1.29 is 22.4 Å². The van der Waals surface area contributed by atoms with Crippen molar-refractivity contribution in [3.63, 3.8) is 0 Å². The van der Waals surface area contributed by atoms with Gasteiger partial charge in [-0.05, 0) is 19.3 Å². The van der Waals surface area contributed by atoms with E-state index in [1.807, 2.05) is 0 Å². The molecule has 2 nitrogen and oxygen atoms in total. The molecule has 0 unspecified atom stereocenters. The van der Waals surface area contributed by atoms with Crippen LogP contribution in [0.1, 0.15) is 84.5 Å². The van der Waals surface area contributed by atoms with E-state index in [2.05, 4.69) is 27.9 Å². The molecule has 2 N–H and O–H groups in total. The van der Waals surface area contributed by atoms with E-state index in [4.69, 9.17) is 0 Å². The van der Waals surface area contributed by atoms with Crippen molar-refractivity contribution in [3.8, 4) is 0 Å². The topological polar surface area (TPSA) is 31.5 Å². The van der Waals surface area contributed by atoms with Crippen LogP contribution in [0.5, 0.6) is 0 Å². The molecule has 0 radical (unpaired) electrons. The lowest BCUT2D eigenvalue weighted by atomic mass is 10.1. The number of nitrogens with zero attached hydrogens (tertiary/aromatic N) is 1. The first kappa shape index (κ1) is 25.2. The molecule has 0 atom stereocenters. The van der Waals surface area contributed by atoms with E-state index in [0.29, 0.717) is 0 Å². The fourth-order valence-electron chi connectivity index (χ4n) is 2.74. The molecule has 20 heavy (non-hydrogen) atoms. The third-order valence-corrected chi connectivity index (χ3v) is 3.95. The molecule has 0 saturated carbocycles. The molecule has 0 aliphatic rings. The molecule has 0 spiro atoms. The number of rotatable bonds is 13. The van der Waals surface area contributed by atoms with E-state index in [1.54, 1.807) is 0 Å². The molecule has 0 rings (SSSR count). The molecule has 0 aliphatic heterocycles. The SMILES string of the molecule is CCCCCCCCCCCC[N+](C)(C)CCC.O.[Cl-]. The van der Waals surface area contributed by atoms with Crippen LogP contribution in [0.2, 0.25) is 0 Å². The van der Waals surface area contributed by atoms with Crippen LogP contribution in [0, 0.1) is 0 Å². The van der Waals surface area contributed by atoms with Gasteiger partial charge in [0.25, 0.3) is 0 Å². The smallest absolute Gasteiger partial charge is 0.0782 e. The van der Waals surface area contributed by atoms with Crippen LogP contribution in [-0.2, 0) is 0 Å². The standard InChI is InChI=1S/C17H38N.ClH.H2O/c1-5-7-8-9-10-11-12-13-14-15-17-18(3,4)16-6-2;;/h5-17H2,1-4H3;1H;1H2/q+1;;/p-1. The number of halogens is 1. The molecule has 0 aromatic heterocycles. The third kappa shape index (κ3) is 18.2. The lowest BCUT2D eigenvalue weighted by Gasteiger charge is -2.29. The zero-order valence-corrected chi connectivity index (χ0v) is 15.3. The molecule has 0 bridgehead atoms. The van der Waals surface area contributed by atoms with Gasteiger partial charge in [0.05, 0.1) is 27.2 Å². The van der Waals surface area contributed by atoms with Crippen LogP contribution in [0.3, 0.4) is 0 Å². The molecule has 0 aromatic carbocycles. The summed E-state index contributed by atoms with van der Waals surface area (Å²) in [6, 6.07) is 0. The first-order chi connectivity index (χ1) is 8.62. The second-order valence-corrected chi connectivity index (χ2v) is 6.56. The second-order valence-electron chi connectivity index (χ2n) is 6.56. The van der Waals surface area contributed by atoms with Gasteiger partial charge < -0.3 is 22.4 Å². The Labute approximate surface area is 134 Å². The summed E-state index contributed by atoms with van der Waals surface area (Å²) in [6.45, 7) is 7.28. The number of quaternary nitrogens is 1. The van der Waals surface area contributed by atoms with Crippen molar-refractivity contribution in [1.82, 2.24) is 0 Å². The van der Waals surface area contributed by atoms with Crippen molar-refractivity contribution in [2.24, 2.45) is 0 Å². The molecule has 3 heteroatoms. The van der Waals surface area contributed by atoms with Crippen LogP contribution < -0.4 is 12.4 Å². The Bertz CT molecular complexity index is 174. The van der Waals surface area contributed by atoms with Crippen LogP contribution in [0.15, 0.2) is 0 Å². The highest BCUT2D eigenvalue weighted by molar-refractivity contribution is 4.47. The Balaban J connectivity index is -0.00000144. The number of unbranched alkanes of at least 4 members (excludes halogenated alkanes) is 9. The van der Waals surface area contributed by atoms with Crippen molar-refractivity contribution in [1.29, 1.82) is 0 Å². The maximum atomic E-state index is 2.37. The Morgan fingerprint density at radius 2 is 0.950 bits per heavy atom. The summed E-state index contributed by atoms with van der Waals surface area (Å²) < 4.78 is 1.22. The predicted octanol–water partition coefficient (Wildman–Crippen LogP) is 1.57. The lowest BCUT2D eigenvalue weighted by Crippen LogP contribution is -3.00. The summed E-state index contributed by atoms with van der Waals surface area (Å²) >= 11 is 0. The molecular weight excluding hydrogens is 270 g/mol. The lowest BCUT2D eigenvalue weighted by molar-refractivity contribution is -0.890. The van der Waals surface area contributed by atoms with Gasteiger partial charge in [-0.3, -0.25) is 0 Å². The minimum Gasteiger partial charge on any atom is -1.00 e. The molecule has 0 aliphatic carbocycles. The second kappa shape index (κ2) is 17.3. The van der Waals surface area contributed by atoms with Gasteiger partial charge in [-0.25, -0.2) is 0 Å². The first-order valence-corrected chi connectivity index (χ1v) is 8.44. The maximum Gasteiger partial charge on any atom is 0.0782 e. The zero-order chi connectivity index (χ0) is 13.7. The van der Waals surface area contributed by atoms with Gasteiger partial charge in [-0.2, -0.15) is 0 Å². The van der Waals surface area contributed by atoms with Gasteiger partial charge >= 0.3 is 0 Å². The third-order valence-electron chi connectivity index (χ3n) is 3.95. The van der Waals surface area contributed by atoms with Crippen LogP contribution >= 0.6 is 0 Å². The van der Waals surface area contributed by atoms with Crippen molar-refractivity contribution >= 4 is 0 Å². The van der Waals surface area contributed by atoms with Gasteiger partial charge in [0, 0.05) is 0 Å². The van der Waals surface area contributed by atoms with E-state index in [9.17, 15) is 0 Å². The molecule has 0 saturated heterocycles. The fourth-order valence-corrected chi connectivity index (χ4v) is 2.74. The summed E-state index contributed by atoms with van der Waals surface area (Å²) in [5, 5.41) is 0. The molecule has 0 fully saturated rings. The van der Waals surface area contributed by atoms with Gasteiger partial charge in [0.15, 0.2) is 0 Å². The highest BCUT2D eigenvalue weighted by atomic mass is 35.5.